The molecular weight excluding hydrogens is 358 g/mol. The maximum atomic E-state index is 5.85. The van der Waals surface area contributed by atoms with Crippen LogP contribution < -0.4 is 0 Å². The van der Waals surface area contributed by atoms with Crippen LogP contribution in [0.15, 0.2) is 83.5 Å². The van der Waals surface area contributed by atoms with Crippen LogP contribution in [0.3, 0.4) is 0 Å². The number of nitrogens with zero attached hydrogens (tertiary/aromatic N) is 3. The van der Waals surface area contributed by atoms with E-state index in [0.717, 1.165) is 50.5 Å². The molecule has 0 N–H and O–H groups in total. The Labute approximate surface area is 171 Å². The molecule has 4 heteroatoms. The summed E-state index contributed by atoms with van der Waals surface area (Å²) in [5, 5.41) is 2.39. The highest BCUT2D eigenvalue weighted by Crippen LogP contribution is 2.28. The molecule has 0 unspecified atom stereocenters. The second-order valence-corrected chi connectivity index (χ2v) is 7.71. The second-order valence-electron chi connectivity index (χ2n) is 7.71. The number of hydrogen-bond donors (Lipinski definition) is 0. The van der Waals surface area contributed by atoms with Crippen LogP contribution in [0.4, 0.5) is 0 Å². The van der Waals surface area contributed by atoms with Gasteiger partial charge in [-0.1, -0.05) is 66.7 Å². The number of rotatable bonds is 5. The van der Waals surface area contributed by atoms with Gasteiger partial charge in [0, 0.05) is 44.8 Å². The number of piperazine rings is 1. The molecule has 4 aromatic rings. The summed E-state index contributed by atoms with van der Waals surface area (Å²) >= 11 is 0. The van der Waals surface area contributed by atoms with Gasteiger partial charge in [0.1, 0.15) is 6.26 Å². The minimum atomic E-state index is 0.708. The van der Waals surface area contributed by atoms with Crippen molar-refractivity contribution in [3.8, 4) is 11.5 Å². The van der Waals surface area contributed by atoms with Gasteiger partial charge < -0.3 is 4.42 Å². The summed E-state index contributed by atoms with van der Waals surface area (Å²) in [4.78, 5) is 9.78. The molecular formula is C25H25N3O. The lowest BCUT2D eigenvalue weighted by Gasteiger charge is -2.34. The van der Waals surface area contributed by atoms with Gasteiger partial charge in [-0.3, -0.25) is 9.80 Å². The maximum Gasteiger partial charge on any atom is 0.226 e. The van der Waals surface area contributed by atoms with E-state index in [2.05, 4.69) is 82.6 Å². The third-order valence-electron chi connectivity index (χ3n) is 5.67. The lowest BCUT2D eigenvalue weighted by molar-refractivity contribution is 0.121. The first kappa shape index (κ1) is 18.1. The Morgan fingerprint density at radius 2 is 1.41 bits per heavy atom. The van der Waals surface area contributed by atoms with Crippen molar-refractivity contribution in [3.05, 3.63) is 90.3 Å². The van der Waals surface area contributed by atoms with Crippen molar-refractivity contribution in [1.82, 2.24) is 14.8 Å². The summed E-state index contributed by atoms with van der Waals surface area (Å²) in [7, 11) is 0. The Hall–Kier alpha value is -2.95. The van der Waals surface area contributed by atoms with Crippen LogP contribution >= 0.6 is 0 Å². The van der Waals surface area contributed by atoms with Crippen molar-refractivity contribution in [2.45, 2.75) is 13.1 Å². The summed E-state index contributed by atoms with van der Waals surface area (Å²) in [6, 6.07) is 25.4. The molecule has 146 valence electrons. The largest absolute Gasteiger partial charge is 0.444 e. The molecule has 0 radical (unpaired) electrons. The van der Waals surface area contributed by atoms with Crippen molar-refractivity contribution >= 4 is 10.8 Å². The molecule has 0 bridgehead atoms. The number of oxazole rings is 1. The molecule has 4 nitrogen and oxygen atoms in total. The third kappa shape index (κ3) is 4.09. The quantitative estimate of drug-likeness (QED) is 0.495. The van der Waals surface area contributed by atoms with Crippen molar-refractivity contribution < 1.29 is 4.42 Å². The lowest BCUT2D eigenvalue weighted by Crippen LogP contribution is -2.45. The second kappa shape index (κ2) is 8.19. The van der Waals surface area contributed by atoms with Crippen molar-refractivity contribution in [2.75, 3.05) is 26.2 Å². The number of fused-ring (bicyclic) bond motifs is 1. The Morgan fingerprint density at radius 3 is 2.24 bits per heavy atom. The Morgan fingerprint density at radius 1 is 0.724 bits per heavy atom. The zero-order valence-corrected chi connectivity index (χ0v) is 16.5. The molecule has 0 atom stereocenters. The van der Waals surface area contributed by atoms with E-state index in [1.807, 2.05) is 6.26 Å². The summed E-state index contributed by atoms with van der Waals surface area (Å²) in [6.07, 6.45) is 1.81. The molecule has 2 heterocycles. The van der Waals surface area contributed by atoms with Crippen LogP contribution in [0.25, 0.3) is 22.2 Å². The van der Waals surface area contributed by atoms with E-state index >= 15 is 0 Å². The molecule has 1 saturated heterocycles. The average molecular weight is 383 g/mol. The molecule has 1 aromatic heterocycles. The van der Waals surface area contributed by atoms with Gasteiger partial charge in [0.25, 0.3) is 0 Å². The third-order valence-corrected chi connectivity index (χ3v) is 5.67. The Kier molecular flexibility index (Phi) is 5.11. The van der Waals surface area contributed by atoms with Gasteiger partial charge >= 0.3 is 0 Å². The summed E-state index contributed by atoms with van der Waals surface area (Å²) in [6.45, 7) is 6.16. The number of aromatic nitrogens is 1. The fraction of sp³-hybridized carbons (Fsp3) is 0.240. The minimum Gasteiger partial charge on any atom is -0.444 e. The lowest BCUT2D eigenvalue weighted by atomic mass is 10.0. The van der Waals surface area contributed by atoms with E-state index in [0.29, 0.717) is 5.89 Å². The van der Waals surface area contributed by atoms with Crippen LogP contribution in [0.2, 0.25) is 0 Å². The van der Waals surface area contributed by atoms with Crippen LogP contribution in [0.1, 0.15) is 11.3 Å². The molecule has 29 heavy (non-hydrogen) atoms. The summed E-state index contributed by atoms with van der Waals surface area (Å²) < 4.78 is 5.85. The first-order valence-electron chi connectivity index (χ1n) is 10.3. The molecule has 1 aliphatic rings. The standard InChI is InChI=1S/C25H25N3O/c1-2-7-20(8-3-1)17-27-13-15-28(16-14-27)18-22-19-29-25(26-22)24-12-6-10-21-9-4-5-11-23(21)24/h1-12,19H,13-18H2. The zero-order valence-electron chi connectivity index (χ0n) is 16.5. The van der Waals surface area contributed by atoms with Crippen LogP contribution in [-0.4, -0.2) is 41.0 Å². The van der Waals surface area contributed by atoms with Gasteiger partial charge in [-0.15, -0.1) is 0 Å². The highest BCUT2D eigenvalue weighted by molar-refractivity contribution is 5.94. The topological polar surface area (TPSA) is 32.5 Å². The van der Waals surface area contributed by atoms with E-state index in [1.165, 1.54) is 16.3 Å². The van der Waals surface area contributed by atoms with Gasteiger partial charge in [-0.25, -0.2) is 4.98 Å². The first-order valence-corrected chi connectivity index (χ1v) is 10.3. The SMILES string of the molecule is c1ccc(CN2CCN(Cc3coc(-c4cccc5ccccc45)n3)CC2)cc1. The van der Waals surface area contributed by atoms with Gasteiger partial charge in [0.15, 0.2) is 0 Å². The van der Waals surface area contributed by atoms with Gasteiger partial charge in [0.2, 0.25) is 5.89 Å². The molecule has 3 aromatic carbocycles. The predicted octanol–water partition coefficient (Wildman–Crippen LogP) is 4.81. The minimum absolute atomic E-state index is 0.708. The van der Waals surface area contributed by atoms with E-state index in [1.54, 1.807) is 0 Å². The number of benzene rings is 3. The van der Waals surface area contributed by atoms with Gasteiger partial charge in [0.05, 0.1) is 5.69 Å². The van der Waals surface area contributed by atoms with Crippen LogP contribution in [-0.2, 0) is 13.1 Å². The van der Waals surface area contributed by atoms with Crippen molar-refractivity contribution in [2.24, 2.45) is 0 Å². The average Bonchev–Trinajstić information content (AvgIpc) is 3.24. The first-order chi connectivity index (χ1) is 14.3. The fourth-order valence-corrected chi connectivity index (χ4v) is 4.09. The molecule has 0 saturated carbocycles. The van der Waals surface area contributed by atoms with E-state index in [-0.39, 0.29) is 0 Å². The predicted molar refractivity (Wildman–Crippen MR) is 116 cm³/mol. The van der Waals surface area contributed by atoms with Gasteiger partial charge in [-0.05, 0) is 22.4 Å². The van der Waals surface area contributed by atoms with E-state index < -0.39 is 0 Å². The van der Waals surface area contributed by atoms with E-state index in [4.69, 9.17) is 9.40 Å². The van der Waals surface area contributed by atoms with Gasteiger partial charge in [-0.2, -0.15) is 0 Å². The molecule has 0 aliphatic carbocycles. The Bertz CT molecular complexity index is 1080. The fourth-order valence-electron chi connectivity index (χ4n) is 4.09. The maximum absolute atomic E-state index is 5.85. The summed E-state index contributed by atoms with van der Waals surface area (Å²) in [5.41, 5.74) is 3.45. The monoisotopic (exact) mass is 383 g/mol. The highest BCUT2D eigenvalue weighted by atomic mass is 16.3. The van der Waals surface area contributed by atoms with Crippen LogP contribution in [0, 0.1) is 0 Å². The zero-order chi connectivity index (χ0) is 19.5. The van der Waals surface area contributed by atoms with Crippen molar-refractivity contribution in [3.63, 3.8) is 0 Å². The smallest absolute Gasteiger partial charge is 0.226 e. The van der Waals surface area contributed by atoms with Crippen LogP contribution in [0.5, 0.6) is 0 Å². The molecule has 0 amide bonds. The molecule has 1 aliphatic heterocycles. The molecule has 1 fully saturated rings. The normalized spacial score (nSPS) is 15.7. The highest BCUT2D eigenvalue weighted by Gasteiger charge is 2.19. The Balaban J connectivity index is 1.22. The van der Waals surface area contributed by atoms with Crippen molar-refractivity contribution in [1.29, 1.82) is 0 Å². The molecule has 0 spiro atoms. The number of hydrogen-bond acceptors (Lipinski definition) is 4. The van der Waals surface area contributed by atoms with E-state index in [9.17, 15) is 0 Å². The summed E-state index contributed by atoms with van der Waals surface area (Å²) in [5.74, 6) is 0.708. The molecule has 5 rings (SSSR count).